The summed E-state index contributed by atoms with van der Waals surface area (Å²) in [6.07, 6.45) is 3.55. The van der Waals surface area contributed by atoms with Gasteiger partial charge in [0.25, 0.3) is 0 Å². The van der Waals surface area contributed by atoms with E-state index in [1.807, 2.05) is 28.9 Å². The van der Waals surface area contributed by atoms with Gasteiger partial charge in [-0.15, -0.1) is 0 Å². The number of hydrogen-bond acceptors (Lipinski definition) is 3. The van der Waals surface area contributed by atoms with Crippen LogP contribution < -0.4 is 0 Å². The van der Waals surface area contributed by atoms with Gasteiger partial charge in [-0.3, -0.25) is 4.40 Å². The number of rotatable bonds is 1. The van der Waals surface area contributed by atoms with Gasteiger partial charge in [0.1, 0.15) is 5.65 Å². The Bertz CT molecular complexity index is 486. The molecule has 0 unspecified atom stereocenters. The van der Waals surface area contributed by atoms with Gasteiger partial charge in [0.05, 0.1) is 25.1 Å². The molecule has 2 aromatic rings. The molecule has 15 heavy (non-hydrogen) atoms. The van der Waals surface area contributed by atoms with Crippen molar-refractivity contribution in [3.05, 3.63) is 35.8 Å². The minimum atomic E-state index is -0.261. The lowest BCUT2D eigenvalue weighted by molar-refractivity contribution is -0.0478. The van der Waals surface area contributed by atoms with Crippen molar-refractivity contribution in [1.29, 1.82) is 0 Å². The van der Waals surface area contributed by atoms with Crippen molar-refractivity contribution in [3.8, 4) is 0 Å². The SMILES string of the molecule is Cc1ccn2c(C3OCCO3)cnc2c1. The predicted molar refractivity (Wildman–Crippen MR) is 54.6 cm³/mol. The van der Waals surface area contributed by atoms with Crippen LogP contribution in [0.4, 0.5) is 0 Å². The van der Waals surface area contributed by atoms with Crippen LogP contribution in [-0.4, -0.2) is 22.6 Å². The molecule has 1 fully saturated rings. The number of hydrogen-bond donors (Lipinski definition) is 0. The number of pyridine rings is 1. The van der Waals surface area contributed by atoms with Gasteiger partial charge >= 0.3 is 0 Å². The summed E-state index contributed by atoms with van der Waals surface area (Å²) in [5, 5.41) is 0. The highest BCUT2D eigenvalue weighted by molar-refractivity contribution is 5.43. The molecule has 4 heteroatoms. The summed E-state index contributed by atoms with van der Waals surface area (Å²) >= 11 is 0. The Morgan fingerprint density at radius 1 is 1.40 bits per heavy atom. The van der Waals surface area contributed by atoms with Crippen LogP contribution in [0.5, 0.6) is 0 Å². The third kappa shape index (κ3) is 1.42. The minimum Gasteiger partial charge on any atom is -0.345 e. The standard InChI is InChI=1S/C11H12N2O2/c1-8-2-3-13-9(7-12-10(13)6-8)11-14-4-5-15-11/h2-3,6-7,11H,4-5H2,1H3. The van der Waals surface area contributed by atoms with Gasteiger partial charge < -0.3 is 9.47 Å². The van der Waals surface area contributed by atoms with Crippen LogP contribution in [0.1, 0.15) is 17.5 Å². The van der Waals surface area contributed by atoms with Crippen LogP contribution in [0.15, 0.2) is 24.5 Å². The first-order valence-corrected chi connectivity index (χ1v) is 5.01. The van der Waals surface area contributed by atoms with Crippen molar-refractivity contribution in [3.63, 3.8) is 0 Å². The van der Waals surface area contributed by atoms with E-state index in [1.165, 1.54) is 5.56 Å². The van der Waals surface area contributed by atoms with Gasteiger partial charge in [-0.25, -0.2) is 4.98 Å². The molecule has 0 aromatic carbocycles. The lowest BCUT2D eigenvalue weighted by atomic mass is 10.3. The van der Waals surface area contributed by atoms with E-state index in [1.54, 1.807) is 0 Å². The largest absolute Gasteiger partial charge is 0.345 e. The van der Waals surface area contributed by atoms with Gasteiger partial charge in [0, 0.05) is 6.20 Å². The van der Waals surface area contributed by atoms with Crippen molar-refractivity contribution in [1.82, 2.24) is 9.38 Å². The highest BCUT2D eigenvalue weighted by Crippen LogP contribution is 2.23. The molecule has 0 radical (unpaired) electrons. The molecule has 78 valence electrons. The average Bonchev–Trinajstić information content (AvgIpc) is 2.82. The lowest BCUT2D eigenvalue weighted by Gasteiger charge is -2.08. The normalized spacial score (nSPS) is 17.7. The van der Waals surface area contributed by atoms with Crippen LogP contribution in [0.25, 0.3) is 5.65 Å². The summed E-state index contributed by atoms with van der Waals surface area (Å²) in [5.74, 6) is 0. The predicted octanol–water partition coefficient (Wildman–Crippen LogP) is 1.69. The molecule has 2 aromatic heterocycles. The van der Waals surface area contributed by atoms with Crippen molar-refractivity contribution >= 4 is 5.65 Å². The van der Waals surface area contributed by atoms with Gasteiger partial charge in [-0.05, 0) is 24.6 Å². The summed E-state index contributed by atoms with van der Waals surface area (Å²) < 4.78 is 12.9. The smallest absolute Gasteiger partial charge is 0.201 e. The second kappa shape index (κ2) is 3.32. The second-order valence-electron chi connectivity index (χ2n) is 3.69. The molecule has 1 aliphatic heterocycles. The quantitative estimate of drug-likeness (QED) is 0.709. The average molecular weight is 204 g/mol. The molecule has 4 nitrogen and oxygen atoms in total. The molecule has 0 saturated carbocycles. The first-order chi connectivity index (χ1) is 7.34. The monoisotopic (exact) mass is 204 g/mol. The van der Waals surface area contributed by atoms with E-state index in [-0.39, 0.29) is 6.29 Å². The number of nitrogens with zero attached hydrogens (tertiary/aromatic N) is 2. The number of ether oxygens (including phenoxy) is 2. The summed E-state index contributed by atoms with van der Waals surface area (Å²) in [6.45, 7) is 3.37. The Labute approximate surface area is 87.5 Å². The third-order valence-corrected chi connectivity index (χ3v) is 2.56. The summed E-state index contributed by atoms with van der Waals surface area (Å²) in [4.78, 5) is 4.33. The first-order valence-electron chi connectivity index (χ1n) is 5.01. The Balaban J connectivity index is 2.11. The van der Waals surface area contributed by atoms with E-state index in [4.69, 9.17) is 9.47 Å². The fourth-order valence-electron chi connectivity index (χ4n) is 1.81. The van der Waals surface area contributed by atoms with Crippen LogP contribution in [0, 0.1) is 6.92 Å². The zero-order chi connectivity index (χ0) is 10.3. The van der Waals surface area contributed by atoms with Crippen molar-refractivity contribution in [2.45, 2.75) is 13.2 Å². The van der Waals surface area contributed by atoms with Crippen molar-refractivity contribution < 1.29 is 9.47 Å². The molecule has 3 rings (SSSR count). The molecular weight excluding hydrogens is 192 g/mol. The number of aryl methyl sites for hydroxylation is 1. The summed E-state index contributed by atoms with van der Waals surface area (Å²) in [7, 11) is 0. The maximum Gasteiger partial charge on any atom is 0.201 e. The molecule has 0 aliphatic carbocycles. The van der Waals surface area contributed by atoms with Gasteiger partial charge in [-0.1, -0.05) is 0 Å². The Kier molecular flexibility index (Phi) is 1.97. The lowest BCUT2D eigenvalue weighted by Crippen LogP contribution is -2.02. The fourth-order valence-corrected chi connectivity index (χ4v) is 1.81. The zero-order valence-electron chi connectivity index (χ0n) is 8.51. The zero-order valence-corrected chi connectivity index (χ0v) is 8.51. The molecular formula is C11H12N2O2. The van der Waals surface area contributed by atoms with E-state index in [2.05, 4.69) is 11.9 Å². The molecule has 0 atom stereocenters. The molecule has 0 bridgehead atoms. The maximum atomic E-state index is 5.45. The third-order valence-electron chi connectivity index (χ3n) is 2.56. The Morgan fingerprint density at radius 3 is 3.00 bits per heavy atom. The topological polar surface area (TPSA) is 35.8 Å². The highest BCUT2D eigenvalue weighted by Gasteiger charge is 2.21. The second-order valence-corrected chi connectivity index (χ2v) is 3.69. The summed E-state index contributed by atoms with van der Waals surface area (Å²) in [6, 6.07) is 4.09. The highest BCUT2D eigenvalue weighted by atomic mass is 16.7. The minimum absolute atomic E-state index is 0.261. The van der Waals surface area contributed by atoms with Crippen molar-refractivity contribution in [2.24, 2.45) is 0 Å². The Hall–Kier alpha value is -1.39. The molecule has 3 heterocycles. The Morgan fingerprint density at radius 2 is 2.20 bits per heavy atom. The van der Waals surface area contributed by atoms with Crippen LogP contribution in [0.3, 0.4) is 0 Å². The number of fused-ring (bicyclic) bond motifs is 1. The van der Waals surface area contributed by atoms with E-state index in [9.17, 15) is 0 Å². The molecule has 0 amide bonds. The van der Waals surface area contributed by atoms with E-state index in [0.29, 0.717) is 13.2 Å². The van der Waals surface area contributed by atoms with Gasteiger partial charge in [0.2, 0.25) is 6.29 Å². The van der Waals surface area contributed by atoms with Crippen LogP contribution in [-0.2, 0) is 9.47 Å². The fraction of sp³-hybridized carbons (Fsp3) is 0.364. The van der Waals surface area contributed by atoms with E-state index >= 15 is 0 Å². The van der Waals surface area contributed by atoms with Gasteiger partial charge in [0.15, 0.2) is 0 Å². The van der Waals surface area contributed by atoms with Crippen molar-refractivity contribution in [2.75, 3.05) is 13.2 Å². The molecule has 0 spiro atoms. The maximum absolute atomic E-state index is 5.45. The van der Waals surface area contributed by atoms with E-state index in [0.717, 1.165) is 11.3 Å². The van der Waals surface area contributed by atoms with Crippen LogP contribution in [0.2, 0.25) is 0 Å². The number of imidazole rings is 1. The molecule has 1 aliphatic rings. The number of aromatic nitrogens is 2. The molecule has 1 saturated heterocycles. The summed E-state index contributed by atoms with van der Waals surface area (Å²) in [5.41, 5.74) is 3.10. The van der Waals surface area contributed by atoms with E-state index < -0.39 is 0 Å². The first kappa shape index (κ1) is 8.88. The molecule has 0 N–H and O–H groups in total. The van der Waals surface area contributed by atoms with Crippen LogP contribution >= 0.6 is 0 Å². The van der Waals surface area contributed by atoms with Gasteiger partial charge in [-0.2, -0.15) is 0 Å².